The smallest absolute Gasteiger partial charge is 0.277 e. The van der Waals surface area contributed by atoms with Crippen LogP contribution in [-0.2, 0) is 4.79 Å². The van der Waals surface area contributed by atoms with Gasteiger partial charge in [0, 0.05) is 0 Å². The molecule has 0 unspecified atom stereocenters. The summed E-state index contributed by atoms with van der Waals surface area (Å²) >= 11 is 1.07. The predicted octanol–water partition coefficient (Wildman–Crippen LogP) is 4.34. The summed E-state index contributed by atoms with van der Waals surface area (Å²) in [5.74, 6) is -0.556. The third kappa shape index (κ3) is 5.12. The van der Waals surface area contributed by atoms with E-state index in [0.29, 0.717) is 11.3 Å². The molecule has 0 fully saturated rings. The highest BCUT2D eigenvalue weighted by molar-refractivity contribution is 8.00. The van der Waals surface area contributed by atoms with E-state index in [9.17, 15) is 9.18 Å². The van der Waals surface area contributed by atoms with Gasteiger partial charge in [0.25, 0.3) is 11.1 Å². The van der Waals surface area contributed by atoms with Gasteiger partial charge in [-0.05, 0) is 38.1 Å². The third-order valence-corrected chi connectivity index (χ3v) is 4.80. The van der Waals surface area contributed by atoms with Crippen LogP contribution < -0.4 is 10.1 Å². The molecule has 0 spiro atoms. The number of thioether (sulfide) groups is 1. The first-order chi connectivity index (χ1) is 14.0. The number of ether oxygens (including phenoxy) is 1. The average Bonchev–Trinajstić information content (AvgIpc) is 3.18. The Balaban J connectivity index is 1.61. The van der Waals surface area contributed by atoms with Crippen LogP contribution in [0.15, 0.2) is 58.2 Å². The van der Waals surface area contributed by atoms with Gasteiger partial charge in [0.1, 0.15) is 6.07 Å². The molecular weight excluding hydrogens is 395 g/mol. The van der Waals surface area contributed by atoms with Gasteiger partial charge < -0.3 is 14.5 Å². The zero-order valence-corrected chi connectivity index (χ0v) is 16.4. The zero-order valence-electron chi connectivity index (χ0n) is 15.6. The molecule has 0 bridgehead atoms. The molecule has 148 valence electrons. The molecule has 7 nitrogen and oxygen atoms in total. The van der Waals surface area contributed by atoms with Crippen LogP contribution in [0.1, 0.15) is 31.4 Å². The third-order valence-electron chi connectivity index (χ3n) is 3.86. The van der Waals surface area contributed by atoms with Crippen molar-refractivity contribution in [3.8, 4) is 11.8 Å². The van der Waals surface area contributed by atoms with Crippen molar-refractivity contribution >= 4 is 23.4 Å². The van der Waals surface area contributed by atoms with E-state index in [4.69, 9.17) is 14.4 Å². The lowest BCUT2D eigenvalue weighted by molar-refractivity contribution is -0.115. The van der Waals surface area contributed by atoms with Gasteiger partial charge in [0.15, 0.2) is 17.7 Å². The number of nitrogens with zero attached hydrogens (tertiary/aromatic N) is 3. The zero-order chi connectivity index (χ0) is 20.8. The van der Waals surface area contributed by atoms with Gasteiger partial charge >= 0.3 is 0 Å². The molecule has 0 aliphatic carbocycles. The highest BCUT2D eigenvalue weighted by Crippen LogP contribution is 2.28. The molecule has 0 aliphatic rings. The fourth-order valence-electron chi connectivity index (χ4n) is 2.34. The average molecular weight is 412 g/mol. The normalized spacial score (nSPS) is 12.6. The Bertz CT molecular complexity index is 1050. The number of para-hydroxylation sites is 2. The number of carbonyl (C=O) groups excluding carboxylic acids is 1. The van der Waals surface area contributed by atoms with E-state index in [2.05, 4.69) is 15.5 Å². The van der Waals surface area contributed by atoms with Crippen molar-refractivity contribution in [1.82, 2.24) is 10.2 Å². The number of halogens is 1. The number of benzene rings is 2. The van der Waals surface area contributed by atoms with Gasteiger partial charge in [-0.25, -0.2) is 4.39 Å². The molecule has 1 aromatic heterocycles. The van der Waals surface area contributed by atoms with Gasteiger partial charge in [-0.3, -0.25) is 4.79 Å². The van der Waals surface area contributed by atoms with E-state index in [1.807, 2.05) is 6.07 Å². The van der Waals surface area contributed by atoms with Crippen molar-refractivity contribution in [3.63, 3.8) is 0 Å². The monoisotopic (exact) mass is 412 g/mol. The number of rotatable bonds is 7. The highest BCUT2D eigenvalue weighted by Gasteiger charge is 2.22. The van der Waals surface area contributed by atoms with Crippen LogP contribution >= 0.6 is 11.8 Å². The number of hydrogen-bond donors (Lipinski definition) is 1. The lowest BCUT2D eigenvalue weighted by Gasteiger charge is -2.12. The number of amides is 1. The van der Waals surface area contributed by atoms with E-state index in [-0.39, 0.29) is 22.8 Å². The molecule has 3 rings (SSSR count). The van der Waals surface area contributed by atoms with Gasteiger partial charge in [-0.1, -0.05) is 36.0 Å². The highest BCUT2D eigenvalue weighted by atomic mass is 32.2. The topological polar surface area (TPSA) is 101 Å². The minimum absolute atomic E-state index is 0.0799. The summed E-state index contributed by atoms with van der Waals surface area (Å²) in [6.07, 6.45) is -0.666. The molecule has 3 aromatic rings. The lowest BCUT2D eigenvalue weighted by Crippen LogP contribution is -2.22. The van der Waals surface area contributed by atoms with Crippen LogP contribution in [0.2, 0.25) is 0 Å². The van der Waals surface area contributed by atoms with Gasteiger partial charge in [-0.15, -0.1) is 10.2 Å². The number of aromatic nitrogens is 2. The minimum Gasteiger partial charge on any atom is -0.478 e. The molecule has 0 aliphatic heterocycles. The summed E-state index contributed by atoms with van der Waals surface area (Å²) in [6.45, 7) is 3.33. The van der Waals surface area contributed by atoms with Crippen molar-refractivity contribution < 1.29 is 18.3 Å². The van der Waals surface area contributed by atoms with Crippen LogP contribution in [0.5, 0.6) is 5.75 Å². The number of carbonyl (C=O) groups is 1. The SMILES string of the molecule is C[C@H](Sc1nnc([C@@H](C)Oc2ccccc2F)o1)C(=O)Nc1ccccc1C#N. The number of nitriles is 1. The lowest BCUT2D eigenvalue weighted by atomic mass is 10.2. The van der Waals surface area contributed by atoms with E-state index < -0.39 is 17.2 Å². The second kappa shape index (κ2) is 9.21. The largest absolute Gasteiger partial charge is 0.478 e. The first-order valence-electron chi connectivity index (χ1n) is 8.69. The molecule has 2 atom stereocenters. The number of anilines is 1. The van der Waals surface area contributed by atoms with E-state index in [1.54, 1.807) is 50.2 Å². The Morgan fingerprint density at radius 3 is 2.69 bits per heavy atom. The van der Waals surface area contributed by atoms with E-state index >= 15 is 0 Å². The summed E-state index contributed by atoms with van der Waals surface area (Å²) in [4.78, 5) is 12.4. The molecule has 29 heavy (non-hydrogen) atoms. The Morgan fingerprint density at radius 1 is 1.21 bits per heavy atom. The Morgan fingerprint density at radius 2 is 1.93 bits per heavy atom. The Kier molecular flexibility index (Phi) is 6.46. The van der Waals surface area contributed by atoms with Gasteiger partial charge in [0.2, 0.25) is 5.91 Å². The molecule has 2 aromatic carbocycles. The fourth-order valence-corrected chi connectivity index (χ4v) is 3.03. The predicted molar refractivity (Wildman–Crippen MR) is 105 cm³/mol. The maximum atomic E-state index is 13.7. The molecular formula is C20H17FN4O3S. The number of hydrogen-bond acceptors (Lipinski definition) is 7. The first-order valence-corrected chi connectivity index (χ1v) is 9.57. The molecule has 1 heterocycles. The van der Waals surface area contributed by atoms with Crippen LogP contribution in [0.25, 0.3) is 0 Å². The first kappa shape index (κ1) is 20.4. The molecule has 0 saturated carbocycles. The second-order valence-corrected chi connectivity index (χ2v) is 7.30. The van der Waals surface area contributed by atoms with Crippen LogP contribution in [-0.4, -0.2) is 21.4 Å². The molecule has 1 N–H and O–H groups in total. The minimum atomic E-state index is -0.666. The molecule has 0 radical (unpaired) electrons. The van der Waals surface area contributed by atoms with Crippen molar-refractivity contribution in [3.05, 3.63) is 65.8 Å². The van der Waals surface area contributed by atoms with Crippen molar-refractivity contribution in [2.24, 2.45) is 0 Å². The standard InChI is InChI=1S/C20H17FN4O3S/c1-12(27-17-10-6-4-8-15(17)21)19-24-25-20(28-19)29-13(2)18(26)23-16-9-5-3-7-14(16)11-22/h3-10,12-13H,1-2H3,(H,23,26)/t12-,13+/m1/s1. The summed E-state index contributed by atoms with van der Waals surface area (Å²) in [7, 11) is 0. The van der Waals surface area contributed by atoms with E-state index in [1.165, 1.54) is 12.1 Å². The summed E-state index contributed by atoms with van der Waals surface area (Å²) in [5, 5.41) is 19.3. The molecule has 9 heteroatoms. The van der Waals surface area contributed by atoms with Gasteiger partial charge in [0.05, 0.1) is 16.5 Å². The van der Waals surface area contributed by atoms with Crippen molar-refractivity contribution in [2.75, 3.05) is 5.32 Å². The van der Waals surface area contributed by atoms with Crippen molar-refractivity contribution in [1.29, 1.82) is 5.26 Å². The quantitative estimate of drug-likeness (QED) is 0.576. The van der Waals surface area contributed by atoms with Crippen LogP contribution in [0.4, 0.5) is 10.1 Å². The maximum Gasteiger partial charge on any atom is 0.277 e. The summed E-state index contributed by atoms with van der Waals surface area (Å²) in [5.41, 5.74) is 0.808. The van der Waals surface area contributed by atoms with Crippen LogP contribution in [0, 0.1) is 17.1 Å². The Hall–Kier alpha value is -3.38. The van der Waals surface area contributed by atoms with Crippen LogP contribution in [0.3, 0.4) is 0 Å². The van der Waals surface area contributed by atoms with E-state index in [0.717, 1.165) is 11.8 Å². The Labute approximate surface area is 170 Å². The number of nitrogens with one attached hydrogen (secondary N) is 1. The second-order valence-electron chi connectivity index (χ2n) is 6.00. The molecule has 0 saturated heterocycles. The summed E-state index contributed by atoms with van der Waals surface area (Å²) < 4.78 is 24.7. The summed E-state index contributed by atoms with van der Waals surface area (Å²) in [6, 6.07) is 14.8. The maximum absolute atomic E-state index is 13.7. The van der Waals surface area contributed by atoms with Gasteiger partial charge in [-0.2, -0.15) is 5.26 Å². The molecule has 1 amide bonds. The van der Waals surface area contributed by atoms with Crippen molar-refractivity contribution in [2.45, 2.75) is 30.4 Å². The fraction of sp³-hybridized carbons (Fsp3) is 0.200.